The van der Waals surface area contributed by atoms with E-state index in [1.807, 2.05) is 18.3 Å². The number of nitrogens with zero attached hydrogens (tertiary/aromatic N) is 2. The van der Waals surface area contributed by atoms with E-state index in [1.54, 1.807) is 12.3 Å². The summed E-state index contributed by atoms with van der Waals surface area (Å²) in [5.41, 5.74) is 1.69. The van der Waals surface area contributed by atoms with Gasteiger partial charge in [-0.2, -0.15) is 0 Å². The third-order valence-electron chi connectivity index (χ3n) is 3.49. The van der Waals surface area contributed by atoms with E-state index in [4.69, 9.17) is 0 Å². The summed E-state index contributed by atoms with van der Waals surface area (Å²) in [6.45, 7) is 6.85. The highest BCUT2D eigenvalue weighted by atomic mass is 19.1. The van der Waals surface area contributed by atoms with Crippen molar-refractivity contribution in [2.24, 2.45) is 0 Å². The lowest BCUT2D eigenvalue weighted by molar-refractivity contribution is 0.597. The molecule has 0 aliphatic carbocycles. The molecule has 2 aromatic rings. The van der Waals surface area contributed by atoms with E-state index in [2.05, 4.69) is 28.7 Å². The highest BCUT2D eigenvalue weighted by molar-refractivity contribution is 5.27. The molecule has 4 heteroatoms. The van der Waals surface area contributed by atoms with Gasteiger partial charge in [-0.1, -0.05) is 26.0 Å². The standard InChI is InChI=1S/C17H24FN3/c1-3-7-19-13-14-5-6-15(16(18)11-14)12-17-20-8-10-21(17)9-4-2/h5-6,8,10-11,19H,3-4,7,9,12-13H2,1-2H3. The lowest BCUT2D eigenvalue weighted by Gasteiger charge is -2.09. The smallest absolute Gasteiger partial charge is 0.127 e. The number of aryl methyl sites for hydroxylation is 1. The van der Waals surface area contributed by atoms with Crippen molar-refractivity contribution in [1.29, 1.82) is 0 Å². The van der Waals surface area contributed by atoms with Crippen LogP contribution in [0, 0.1) is 5.82 Å². The summed E-state index contributed by atoms with van der Waals surface area (Å²) < 4.78 is 16.3. The molecule has 0 saturated heterocycles. The Labute approximate surface area is 126 Å². The van der Waals surface area contributed by atoms with E-state index in [9.17, 15) is 4.39 Å². The molecule has 21 heavy (non-hydrogen) atoms. The first-order chi connectivity index (χ1) is 10.2. The summed E-state index contributed by atoms with van der Waals surface area (Å²) in [6.07, 6.45) is 6.42. The van der Waals surface area contributed by atoms with Crippen LogP contribution < -0.4 is 5.32 Å². The summed E-state index contributed by atoms with van der Waals surface area (Å²) in [4.78, 5) is 4.34. The van der Waals surface area contributed by atoms with Gasteiger partial charge in [-0.05, 0) is 36.6 Å². The van der Waals surface area contributed by atoms with Crippen LogP contribution >= 0.6 is 0 Å². The van der Waals surface area contributed by atoms with Crippen LogP contribution in [-0.4, -0.2) is 16.1 Å². The van der Waals surface area contributed by atoms with E-state index in [1.165, 1.54) is 0 Å². The minimum atomic E-state index is -0.142. The van der Waals surface area contributed by atoms with E-state index in [0.717, 1.165) is 43.9 Å². The van der Waals surface area contributed by atoms with Gasteiger partial charge in [0.25, 0.3) is 0 Å². The van der Waals surface area contributed by atoms with E-state index in [-0.39, 0.29) is 5.82 Å². The second kappa shape index (κ2) is 7.93. The quantitative estimate of drug-likeness (QED) is 0.754. The van der Waals surface area contributed by atoms with Crippen LogP contribution in [0.4, 0.5) is 4.39 Å². The molecule has 1 N–H and O–H groups in total. The molecular weight excluding hydrogens is 265 g/mol. The molecule has 1 aromatic carbocycles. The summed E-state index contributed by atoms with van der Waals surface area (Å²) >= 11 is 0. The van der Waals surface area contributed by atoms with Crippen LogP contribution in [-0.2, 0) is 19.5 Å². The molecule has 0 saturated carbocycles. The van der Waals surface area contributed by atoms with Crippen molar-refractivity contribution in [3.05, 3.63) is 53.4 Å². The molecular formula is C17H24FN3. The number of halogens is 1. The largest absolute Gasteiger partial charge is 0.335 e. The molecule has 3 nitrogen and oxygen atoms in total. The molecule has 0 unspecified atom stereocenters. The van der Waals surface area contributed by atoms with Crippen molar-refractivity contribution in [3.63, 3.8) is 0 Å². The first kappa shape index (κ1) is 15.7. The second-order valence-electron chi connectivity index (χ2n) is 5.32. The Kier molecular flexibility index (Phi) is 5.93. The molecule has 0 bridgehead atoms. The van der Waals surface area contributed by atoms with Crippen LogP contribution in [0.5, 0.6) is 0 Å². The molecule has 0 radical (unpaired) electrons. The van der Waals surface area contributed by atoms with Crippen LogP contribution in [0.25, 0.3) is 0 Å². The summed E-state index contributed by atoms with van der Waals surface area (Å²) in [6, 6.07) is 5.50. The number of hydrogen-bond donors (Lipinski definition) is 1. The number of hydrogen-bond acceptors (Lipinski definition) is 2. The lowest BCUT2D eigenvalue weighted by Crippen LogP contribution is -2.14. The highest BCUT2D eigenvalue weighted by Gasteiger charge is 2.08. The molecule has 0 spiro atoms. The predicted octanol–water partition coefficient (Wildman–Crippen LogP) is 3.52. The first-order valence-electron chi connectivity index (χ1n) is 7.72. The minimum Gasteiger partial charge on any atom is -0.335 e. The van der Waals surface area contributed by atoms with Crippen LogP contribution in [0.3, 0.4) is 0 Å². The highest BCUT2D eigenvalue weighted by Crippen LogP contribution is 2.15. The van der Waals surface area contributed by atoms with Crippen LogP contribution in [0.2, 0.25) is 0 Å². The molecule has 1 aromatic heterocycles. The third kappa shape index (κ3) is 4.39. The van der Waals surface area contributed by atoms with Gasteiger partial charge in [-0.15, -0.1) is 0 Å². The Morgan fingerprint density at radius 1 is 1.24 bits per heavy atom. The van der Waals surface area contributed by atoms with Crippen LogP contribution in [0.15, 0.2) is 30.6 Å². The number of nitrogens with one attached hydrogen (secondary N) is 1. The molecule has 0 aliphatic rings. The van der Waals surface area contributed by atoms with Gasteiger partial charge in [0.2, 0.25) is 0 Å². The molecule has 114 valence electrons. The van der Waals surface area contributed by atoms with Crippen molar-refractivity contribution in [2.75, 3.05) is 6.54 Å². The Bertz CT molecular complexity index is 563. The maximum Gasteiger partial charge on any atom is 0.127 e. The average molecular weight is 289 g/mol. The van der Waals surface area contributed by atoms with Crippen molar-refractivity contribution >= 4 is 0 Å². The fourth-order valence-corrected chi connectivity index (χ4v) is 2.38. The molecule has 0 aliphatic heterocycles. The molecule has 0 fully saturated rings. The minimum absolute atomic E-state index is 0.142. The van der Waals surface area contributed by atoms with Gasteiger partial charge in [-0.25, -0.2) is 9.37 Å². The zero-order valence-electron chi connectivity index (χ0n) is 12.9. The summed E-state index contributed by atoms with van der Waals surface area (Å²) in [5.74, 6) is 0.782. The van der Waals surface area contributed by atoms with Gasteiger partial charge in [0.1, 0.15) is 11.6 Å². The van der Waals surface area contributed by atoms with E-state index < -0.39 is 0 Å². The second-order valence-corrected chi connectivity index (χ2v) is 5.32. The van der Waals surface area contributed by atoms with Gasteiger partial charge < -0.3 is 9.88 Å². The van der Waals surface area contributed by atoms with Gasteiger partial charge in [0, 0.05) is 31.9 Å². The van der Waals surface area contributed by atoms with Crippen LogP contribution in [0.1, 0.15) is 43.6 Å². The molecule has 0 amide bonds. The SMILES string of the molecule is CCCNCc1ccc(Cc2nccn2CCC)c(F)c1. The average Bonchev–Trinajstić information content (AvgIpc) is 2.90. The van der Waals surface area contributed by atoms with Crippen molar-refractivity contribution in [3.8, 4) is 0 Å². The third-order valence-corrected chi connectivity index (χ3v) is 3.49. The molecule has 2 rings (SSSR count). The topological polar surface area (TPSA) is 29.9 Å². The van der Waals surface area contributed by atoms with Crippen molar-refractivity contribution < 1.29 is 4.39 Å². The van der Waals surface area contributed by atoms with E-state index in [0.29, 0.717) is 12.0 Å². The zero-order chi connectivity index (χ0) is 15.1. The number of imidazole rings is 1. The normalized spacial score (nSPS) is 11.0. The maximum atomic E-state index is 14.2. The number of rotatable bonds is 8. The molecule has 1 heterocycles. The Hall–Kier alpha value is -1.68. The first-order valence-corrected chi connectivity index (χ1v) is 7.72. The monoisotopic (exact) mass is 289 g/mol. The fraction of sp³-hybridized carbons (Fsp3) is 0.471. The van der Waals surface area contributed by atoms with Gasteiger partial charge >= 0.3 is 0 Å². The maximum absolute atomic E-state index is 14.2. The predicted molar refractivity (Wildman–Crippen MR) is 83.7 cm³/mol. The number of aromatic nitrogens is 2. The van der Waals surface area contributed by atoms with E-state index >= 15 is 0 Å². The van der Waals surface area contributed by atoms with Crippen molar-refractivity contribution in [2.45, 2.75) is 46.2 Å². The lowest BCUT2D eigenvalue weighted by atomic mass is 10.1. The van der Waals surface area contributed by atoms with Crippen molar-refractivity contribution in [1.82, 2.24) is 14.9 Å². The fourth-order valence-electron chi connectivity index (χ4n) is 2.38. The summed E-state index contributed by atoms with van der Waals surface area (Å²) in [5, 5.41) is 3.29. The zero-order valence-corrected chi connectivity index (χ0v) is 12.9. The Balaban J connectivity index is 2.05. The van der Waals surface area contributed by atoms with Gasteiger partial charge in [-0.3, -0.25) is 0 Å². The van der Waals surface area contributed by atoms with Gasteiger partial charge in [0.05, 0.1) is 0 Å². The number of benzene rings is 1. The Morgan fingerprint density at radius 2 is 2.10 bits per heavy atom. The van der Waals surface area contributed by atoms with Gasteiger partial charge in [0.15, 0.2) is 0 Å². The Morgan fingerprint density at radius 3 is 2.81 bits per heavy atom. The summed E-state index contributed by atoms with van der Waals surface area (Å²) in [7, 11) is 0. The molecule has 0 atom stereocenters.